The van der Waals surface area contributed by atoms with Gasteiger partial charge in [-0.2, -0.15) is 0 Å². The van der Waals surface area contributed by atoms with Crippen LogP contribution in [0, 0.1) is 0 Å². The Balaban J connectivity index is 0.00000208. The van der Waals surface area contributed by atoms with E-state index in [1.807, 2.05) is 17.0 Å². The number of nitrogens with zero attached hydrogens (tertiary/aromatic N) is 2. The number of hydrogen-bond acceptors (Lipinski definition) is 4. The highest BCUT2D eigenvalue weighted by molar-refractivity contribution is 6.30. The van der Waals surface area contributed by atoms with Crippen molar-refractivity contribution in [3.05, 3.63) is 41.0 Å². The van der Waals surface area contributed by atoms with Crippen LogP contribution in [0.3, 0.4) is 0 Å². The van der Waals surface area contributed by atoms with Crippen molar-refractivity contribution < 1.29 is 9.32 Å². The first-order valence-electron chi connectivity index (χ1n) is 7.93. The summed E-state index contributed by atoms with van der Waals surface area (Å²) >= 11 is 6.00. The molecule has 3 rings (SSSR count). The van der Waals surface area contributed by atoms with E-state index < -0.39 is 0 Å². The van der Waals surface area contributed by atoms with Gasteiger partial charge in [0.2, 0.25) is 0 Å². The van der Waals surface area contributed by atoms with Crippen molar-refractivity contribution in [2.75, 3.05) is 19.6 Å². The molecule has 1 aromatic heterocycles. The van der Waals surface area contributed by atoms with Crippen molar-refractivity contribution in [3.8, 4) is 11.3 Å². The Morgan fingerprint density at radius 3 is 2.96 bits per heavy atom. The summed E-state index contributed by atoms with van der Waals surface area (Å²) in [6.45, 7) is 4.59. The lowest BCUT2D eigenvalue weighted by atomic mass is 10.1. The minimum Gasteiger partial charge on any atom is -0.355 e. The Bertz CT molecular complexity index is 684. The molecule has 1 fully saturated rings. The highest BCUT2D eigenvalue weighted by atomic mass is 35.5. The summed E-state index contributed by atoms with van der Waals surface area (Å²) in [7, 11) is 0. The van der Waals surface area contributed by atoms with E-state index in [9.17, 15) is 4.79 Å². The number of amides is 1. The third-order valence-corrected chi connectivity index (χ3v) is 4.27. The average Bonchev–Trinajstić information content (AvgIpc) is 3.23. The molecule has 0 bridgehead atoms. The second-order valence-electron chi connectivity index (χ2n) is 5.73. The van der Waals surface area contributed by atoms with Gasteiger partial charge in [0.15, 0.2) is 11.5 Å². The maximum Gasteiger partial charge on any atom is 0.276 e. The van der Waals surface area contributed by atoms with E-state index in [4.69, 9.17) is 16.1 Å². The summed E-state index contributed by atoms with van der Waals surface area (Å²) in [6.07, 6.45) is 1.89. The highest BCUT2D eigenvalue weighted by Crippen LogP contribution is 2.24. The summed E-state index contributed by atoms with van der Waals surface area (Å²) in [5.41, 5.74) is 1.16. The molecule has 0 saturated carbocycles. The first-order valence-corrected chi connectivity index (χ1v) is 8.31. The van der Waals surface area contributed by atoms with Crippen LogP contribution in [0.2, 0.25) is 5.02 Å². The van der Waals surface area contributed by atoms with Crippen LogP contribution in [0.15, 0.2) is 34.9 Å². The quantitative estimate of drug-likeness (QED) is 0.873. The van der Waals surface area contributed by atoms with Crippen LogP contribution in [0.1, 0.15) is 30.3 Å². The van der Waals surface area contributed by atoms with Crippen LogP contribution in [0.25, 0.3) is 11.3 Å². The van der Waals surface area contributed by atoms with Gasteiger partial charge in [-0.1, -0.05) is 35.8 Å². The van der Waals surface area contributed by atoms with E-state index in [1.165, 1.54) is 0 Å². The Morgan fingerprint density at radius 2 is 2.29 bits per heavy atom. The topological polar surface area (TPSA) is 58.4 Å². The van der Waals surface area contributed by atoms with Crippen molar-refractivity contribution in [2.45, 2.75) is 25.8 Å². The van der Waals surface area contributed by atoms with Gasteiger partial charge >= 0.3 is 0 Å². The Labute approximate surface area is 152 Å². The minimum atomic E-state index is -0.0717. The molecule has 1 atom stereocenters. The van der Waals surface area contributed by atoms with Crippen molar-refractivity contribution in [2.24, 2.45) is 0 Å². The summed E-state index contributed by atoms with van der Waals surface area (Å²) < 4.78 is 5.35. The van der Waals surface area contributed by atoms with E-state index >= 15 is 0 Å². The molecule has 7 heteroatoms. The van der Waals surface area contributed by atoms with Gasteiger partial charge < -0.3 is 14.7 Å². The molecule has 1 aliphatic rings. The Kier molecular flexibility index (Phi) is 6.66. The summed E-state index contributed by atoms with van der Waals surface area (Å²) in [6, 6.07) is 9.23. The van der Waals surface area contributed by atoms with E-state index in [1.54, 1.807) is 18.2 Å². The molecule has 1 N–H and O–H groups in total. The maximum absolute atomic E-state index is 12.8. The lowest BCUT2D eigenvalue weighted by Crippen LogP contribution is -2.42. The number of carbonyl (C=O) groups is 1. The second kappa shape index (κ2) is 8.51. The molecule has 0 spiro atoms. The number of rotatable bonds is 5. The van der Waals surface area contributed by atoms with Crippen LogP contribution in [0.5, 0.6) is 0 Å². The molecule has 1 unspecified atom stereocenters. The number of carbonyl (C=O) groups excluding carboxylic acids is 1. The van der Waals surface area contributed by atoms with Crippen molar-refractivity contribution in [1.82, 2.24) is 15.4 Å². The first-order chi connectivity index (χ1) is 11.2. The zero-order valence-corrected chi connectivity index (χ0v) is 15.1. The van der Waals surface area contributed by atoms with Gasteiger partial charge in [-0.3, -0.25) is 4.79 Å². The highest BCUT2D eigenvalue weighted by Gasteiger charge is 2.28. The molecule has 0 radical (unpaired) electrons. The predicted molar refractivity (Wildman–Crippen MR) is 96.8 cm³/mol. The molecular weight excluding hydrogens is 349 g/mol. The Morgan fingerprint density at radius 1 is 1.46 bits per heavy atom. The second-order valence-corrected chi connectivity index (χ2v) is 6.17. The third kappa shape index (κ3) is 4.09. The standard InChI is InChI=1S/C17H20ClN3O2.ClH/c1-2-8-21(14-6-7-19-11-14)17(22)15-10-16(23-20-15)12-4-3-5-13(18)9-12;/h3-5,9-10,14,19H,2,6-8,11H2,1H3;1H. The van der Waals surface area contributed by atoms with Crippen LogP contribution in [0.4, 0.5) is 0 Å². The Hall–Kier alpha value is -1.56. The predicted octanol–water partition coefficient (Wildman–Crippen LogP) is 3.63. The van der Waals surface area contributed by atoms with Crippen LogP contribution < -0.4 is 5.32 Å². The SMILES string of the molecule is CCCN(C(=O)c1cc(-c2cccc(Cl)c2)on1)C1CCNC1.Cl. The molecule has 1 aromatic carbocycles. The molecule has 1 amide bonds. The number of hydrogen-bond donors (Lipinski definition) is 1. The first kappa shape index (κ1) is 18.8. The van der Waals surface area contributed by atoms with Gasteiger partial charge in [-0.15, -0.1) is 12.4 Å². The molecule has 130 valence electrons. The summed E-state index contributed by atoms with van der Waals surface area (Å²) in [5, 5.41) is 7.89. The van der Waals surface area contributed by atoms with Gasteiger partial charge in [0, 0.05) is 35.8 Å². The summed E-state index contributed by atoms with van der Waals surface area (Å²) in [4.78, 5) is 14.7. The molecule has 5 nitrogen and oxygen atoms in total. The normalized spacial score (nSPS) is 16.7. The number of aromatic nitrogens is 1. The van der Waals surface area contributed by atoms with E-state index in [2.05, 4.69) is 17.4 Å². The number of halogens is 2. The molecular formula is C17H21Cl2N3O2. The molecule has 24 heavy (non-hydrogen) atoms. The van der Waals surface area contributed by atoms with Crippen molar-refractivity contribution in [1.29, 1.82) is 0 Å². The zero-order valence-electron chi connectivity index (χ0n) is 13.5. The van der Waals surface area contributed by atoms with Gasteiger partial charge in [0.25, 0.3) is 5.91 Å². The van der Waals surface area contributed by atoms with Gasteiger partial charge in [0.05, 0.1) is 0 Å². The van der Waals surface area contributed by atoms with Crippen LogP contribution >= 0.6 is 24.0 Å². The zero-order chi connectivity index (χ0) is 16.2. The lowest BCUT2D eigenvalue weighted by Gasteiger charge is -2.27. The fraction of sp³-hybridized carbons (Fsp3) is 0.412. The largest absolute Gasteiger partial charge is 0.355 e. The monoisotopic (exact) mass is 369 g/mol. The van der Waals surface area contributed by atoms with Crippen LogP contribution in [-0.2, 0) is 0 Å². The van der Waals surface area contributed by atoms with E-state index in [0.29, 0.717) is 16.5 Å². The van der Waals surface area contributed by atoms with E-state index in [-0.39, 0.29) is 24.4 Å². The third-order valence-electron chi connectivity index (χ3n) is 4.04. The maximum atomic E-state index is 12.8. The number of benzene rings is 1. The van der Waals surface area contributed by atoms with Crippen molar-refractivity contribution in [3.63, 3.8) is 0 Å². The lowest BCUT2D eigenvalue weighted by molar-refractivity contribution is 0.0681. The fourth-order valence-corrected chi connectivity index (χ4v) is 3.09. The van der Waals surface area contributed by atoms with Gasteiger partial charge in [-0.25, -0.2) is 0 Å². The molecule has 0 aliphatic carbocycles. The fourth-order valence-electron chi connectivity index (χ4n) is 2.90. The van der Waals surface area contributed by atoms with Gasteiger partial charge in [-0.05, 0) is 31.5 Å². The number of nitrogens with one attached hydrogen (secondary N) is 1. The van der Waals surface area contributed by atoms with Gasteiger partial charge in [0.1, 0.15) is 0 Å². The molecule has 1 aliphatic heterocycles. The smallest absolute Gasteiger partial charge is 0.276 e. The van der Waals surface area contributed by atoms with Crippen molar-refractivity contribution >= 4 is 29.9 Å². The van der Waals surface area contributed by atoms with E-state index in [0.717, 1.165) is 38.0 Å². The molecule has 2 heterocycles. The average molecular weight is 370 g/mol. The molecule has 1 saturated heterocycles. The molecule has 2 aromatic rings. The minimum absolute atomic E-state index is 0. The van der Waals surface area contributed by atoms with Crippen LogP contribution in [-0.4, -0.2) is 41.6 Å². The summed E-state index contributed by atoms with van der Waals surface area (Å²) in [5.74, 6) is 0.481.